The van der Waals surface area contributed by atoms with Crippen LogP contribution in [0.3, 0.4) is 0 Å². The summed E-state index contributed by atoms with van der Waals surface area (Å²) in [6, 6.07) is 0. The topological polar surface area (TPSA) is 61.8 Å². The largest absolute Gasteiger partial charge is 0.460 e. The van der Waals surface area contributed by atoms with Crippen molar-refractivity contribution in [1.82, 2.24) is 0 Å². The number of hydrogen-bond acceptors (Lipinski definition) is 5. The smallest absolute Gasteiger partial charge is 0.309 e. The van der Waals surface area contributed by atoms with Gasteiger partial charge >= 0.3 is 11.9 Å². The van der Waals surface area contributed by atoms with Crippen molar-refractivity contribution in [2.24, 2.45) is 35.0 Å². The molecule has 0 spiro atoms. The first-order valence-electron chi connectivity index (χ1n) is 12.6. The van der Waals surface area contributed by atoms with Gasteiger partial charge in [0.2, 0.25) is 0 Å². The van der Waals surface area contributed by atoms with Gasteiger partial charge in [-0.05, 0) is 103 Å². The van der Waals surface area contributed by atoms with Crippen LogP contribution in [0.15, 0.2) is 0 Å². The maximum Gasteiger partial charge on any atom is 0.309 e. The highest BCUT2D eigenvalue weighted by atomic mass is 16.6. The van der Waals surface area contributed by atoms with Gasteiger partial charge in [-0.25, -0.2) is 0 Å². The van der Waals surface area contributed by atoms with Gasteiger partial charge in [0.1, 0.15) is 11.7 Å². The number of carbonyl (C=O) groups is 2. The van der Waals surface area contributed by atoms with Crippen molar-refractivity contribution < 1.29 is 23.8 Å². The van der Waals surface area contributed by atoms with E-state index in [2.05, 4.69) is 0 Å². The molecule has 5 aliphatic rings. The highest BCUT2D eigenvalue weighted by molar-refractivity contribution is 5.79. The molecule has 0 saturated heterocycles. The third-order valence-corrected chi connectivity index (χ3v) is 7.92. The first-order valence-corrected chi connectivity index (χ1v) is 12.6. The molecule has 0 N–H and O–H groups in total. The third-order valence-electron chi connectivity index (χ3n) is 7.92. The second-order valence-electron chi connectivity index (χ2n) is 12.3. The molecule has 5 aliphatic carbocycles. The van der Waals surface area contributed by atoms with Gasteiger partial charge < -0.3 is 14.2 Å². The number of hydrogen-bond donors (Lipinski definition) is 0. The predicted octanol–water partition coefficient (Wildman–Crippen LogP) is 5.30. The summed E-state index contributed by atoms with van der Waals surface area (Å²) in [5, 5.41) is 0. The van der Waals surface area contributed by atoms with E-state index in [0.717, 1.165) is 24.4 Å². The van der Waals surface area contributed by atoms with E-state index >= 15 is 0 Å². The summed E-state index contributed by atoms with van der Waals surface area (Å²) in [4.78, 5) is 25.0. The van der Waals surface area contributed by atoms with Gasteiger partial charge in [0.05, 0.1) is 18.4 Å². The molecule has 31 heavy (non-hydrogen) atoms. The number of esters is 2. The second kappa shape index (κ2) is 8.68. The molecule has 3 atom stereocenters. The zero-order valence-corrected chi connectivity index (χ0v) is 20.2. The minimum absolute atomic E-state index is 0.0285. The van der Waals surface area contributed by atoms with E-state index in [1.54, 1.807) is 6.92 Å². The monoisotopic (exact) mass is 434 g/mol. The standard InChI is InChI=1S/C26H42O5/c1-16(8-22(27)31-25(3,4)5)24(28)30-17(2)23(29-15-18-6-7-18)26-12-19-9-20(13-26)11-21(10-19)14-26/h16-21,23H,6-15H2,1-5H3/t16-,17+,19?,20?,21?,23+,26?/m1/s1. The lowest BCUT2D eigenvalue weighted by atomic mass is 9.47. The zero-order valence-electron chi connectivity index (χ0n) is 20.2. The van der Waals surface area contributed by atoms with E-state index in [9.17, 15) is 9.59 Å². The maximum absolute atomic E-state index is 12.9. The molecule has 0 heterocycles. The van der Waals surface area contributed by atoms with Crippen molar-refractivity contribution >= 4 is 11.9 Å². The molecule has 5 rings (SSSR count). The third kappa shape index (κ3) is 5.64. The minimum Gasteiger partial charge on any atom is -0.460 e. The summed E-state index contributed by atoms with van der Waals surface area (Å²) >= 11 is 0. The van der Waals surface area contributed by atoms with Crippen molar-refractivity contribution in [3.63, 3.8) is 0 Å². The van der Waals surface area contributed by atoms with E-state index in [-0.39, 0.29) is 36.0 Å². The van der Waals surface area contributed by atoms with Crippen LogP contribution in [-0.2, 0) is 23.8 Å². The van der Waals surface area contributed by atoms with E-state index in [4.69, 9.17) is 14.2 Å². The Labute approximate surface area is 188 Å². The normalized spacial score (nSPS) is 34.8. The van der Waals surface area contributed by atoms with E-state index in [1.807, 2.05) is 27.7 Å². The number of ether oxygens (including phenoxy) is 3. The summed E-state index contributed by atoms with van der Waals surface area (Å²) < 4.78 is 17.9. The average Bonchev–Trinajstić information content (AvgIpc) is 3.43. The predicted molar refractivity (Wildman–Crippen MR) is 118 cm³/mol. The van der Waals surface area contributed by atoms with Crippen LogP contribution in [0.1, 0.15) is 92.4 Å². The number of rotatable bonds is 9. The lowest BCUT2D eigenvalue weighted by molar-refractivity contribution is -0.194. The molecule has 0 aliphatic heterocycles. The van der Waals surface area contributed by atoms with Gasteiger partial charge in [0.15, 0.2) is 0 Å². The van der Waals surface area contributed by atoms with Crippen molar-refractivity contribution in [2.45, 2.75) is 110 Å². The van der Waals surface area contributed by atoms with Crippen LogP contribution < -0.4 is 0 Å². The Morgan fingerprint density at radius 3 is 2.00 bits per heavy atom. The van der Waals surface area contributed by atoms with E-state index in [1.165, 1.54) is 51.4 Å². The molecule has 5 saturated carbocycles. The molecule has 0 aromatic heterocycles. The second-order valence-corrected chi connectivity index (χ2v) is 12.3. The van der Waals surface area contributed by atoms with Crippen molar-refractivity contribution in [3.8, 4) is 0 Å². The fourth-order valence-corrected chi connectivity index (χ4v) is 6.94. The number of carbonyl (C=O) groups excluding carboxylic acids is 2. The first kappa shape index (κ1) is 23.1. The highest BCUT2D eigenvalue weighted by Gasteiger charge is 2.56. The van der Waals surface area contributed by atoms with Crippen LogP contribution in [0, 0.1) is 35.0 Å². The van der Waals surface area contributed by atoms with E-state index in [0.29, 0.717) is 5.92 Å². The molecule has 5 nitrogen and oxygen atoms in total. The Hall–Kier alpha value is -1.10. The molecule has 0 aromatic carbocycles. The van der Waals surface area contributed by atoms with Gasteiger partial charge in [-0.1, -0.05) is 6.92 Å². The Bertz CT molecular complexity index is 638. The van der Waals surface area contributed by atoms with Gasteiger partial charge in [0.25, 0.3) is 0 Å². The Morgan fingerprint density at radius 1 is 0.968 bits per heavy atom. The maximum atomic E-state index is 12.9. The molecule has 5 fully saturated rings. The summed E-state index contributed by atoms with van der Waals surface area (Å²) in [5.74, 6) is 1.98. The average molecular weight is 435 g/mol. The van der Waals surface area contributed by atoms with Crippen LogP contribution in [-0.4, -0.2) is 36.4 Å². The molecular formula is C26H42O5. The fourth-order valence-electron chi connectivity index (χ4n) is 6.94. The van der Waals surface area contributed by atoms with Crippen LogP contribution in [0.25, 0.3) is 0 Å². The molecule has 0 amide bonds. The van der Waals surface area contributed by atoms with Crippen LogP contribution in [0.2, 0.25) is 0 Å². The van der Waals surface area contributed by atoms with Crippen LogP contribution in [0.4, 0.5) is 0 Å². The lowest BCUT2D eigenvalue weighted by Gasteiger charge is -2.59. The van der Waals surface area contributed by atoms with E-state index < -0.39 is 11.5 Å². The molecule has 0 aromatic rings. The van der Waals surface area contributed by atoms with Gasteiger partial charge in [0, 0.05) is 12.0 Å². The minimum atomic E-state index is -0.547. The molecular weight excluding hydrogens is 392 g/mol. The quantitative estimate of drug-likeness (QED) is 0.461. The van der Waals surface area contributed by atoms with Crippen molar-refractivity contribution in [2.75, 3.05) is 6.61 Å². The van der Waals surface area contributed by atoms with Gasteiger partial charge in [-0.15, -0.1) is 0 Å². The van der Waals surface area contributed by atoms with Crippen molar-refractivity contribution in [1.29, 1.82) is 0 Å². The van der Waals surface area contributed by atoms with Crippen LogP contribution >= 0.6 is 0 Å². The molecule has 176 valence electrons. The Kier molecular flexibility index (Phi) is 6.46. The summed E-state index contributed by atoms with van der Waals surface area (Å²) in [7, 11) is 0. The molecule has 4 bridgehead atoms. The van der Waals surface area contributed by atoms with Gasteiger partial charge in [-0.2, -0.15) is 0 Å². The highest BCUT2D eigenvalue weighted by Crippen LogP contribution is 2.62. The first-order chi connectivity index (χ1) is 14.5. The SMILES string of the molecule is C[C@H](CC(=O)OC(C)(C)C)C(=O)O[C@@H](C)[C@H](OCC1CC1)C12CC3CC(CC(C3)C1)C2. The summed E-state index contributed by atoms with van der Waals surface area (Å²) in [6.45, 7) is 10.1. The zero-order chi connectivity index (χ0) is 22.4. The summed E-state index contributed by atoms with van der Waals surface area (Å²) in [5.41, 5.74) is -0.383. The van der Waals surface area contributed by atoms with Crippen molar-refractivity contribution in [3.05, 3.63) is 0 Å². The Morgan fingerprint density at radius 2 is 1.52 bits per heavy atom. The molecule has 0 unspecified atom stereocenters. The molecule has 5 heteroatoms. The van der Waals surface area contributed by atoms with Gasteiger partial charge in [-0.3, -0.25) is 9.59 Å². The Balaban J connectivity index is 1.40. The summed E-state index contributed by atoms with van der Waals surface area (Å²) in [6.07, 6.45) is 10.1. The van der Waals surface area contributed by atoms with Crippen LogP contribution in [0.5, 0.6) is 0 Å². The lowest BCUT2D eigenvalue weighted by Crippen LogP contribution is -2.56. The fraction of sp³-hybridized carbons (Fsp3) is 0.923. The molecule has 0 radical (unpaired) electrons.